The van der Waals surface area contributed by atoms with Gasteiger partial charge in [0.2, 0.25) is 5.95 Å². The summed E-state index contributed by atoms with van der Waals surface area (Å²) in [6, 6.07) is 3.17. The number of aromatic amines is 1. The minimum absolute atomic E-state index is 0.0458. The summed E-state index contributed by atoms with van der Waals surface area (Å²) in [5.74, 6) is 0.550. The molecule has 0 radical (unpaired) electrons. The normalized spacial score (nSPS) is 17.3. The van der Waals surface area contributed by atoms with E-state index in [2.05, 4.69) is 24.9 Å². The van der Waals surface area contributed by atoms with Gasteiger partial charge in [-0.25, -0.2) is 4.98 Å². The number of aromatic nitrogens is 5. The molecule has 0 spiro atoms. The van der Waals surface area contributed by atoms with Crippen molar-refractivity contribution in [3.8, 4) is 0 Å². The zero-order valence-electron chi connectivity index (χ0n) is 14.4. The van der Waals surface area contributed by atoms with E-state index in [0.717, 1.165) is 17.7 Å². The molecule has 27 heavy (non-hydrogen) atoms. The number of hydrogen-bond acceptors (Lipinski definition) is 7. The second kappa shape index (κ2) is 6.81. The maximum Gasteiger partial charge on any atom is 0.223 e. The number of aryl methyl sites for hydroxylation is 1. The van der Waals surface area contributed by atoms with Crippen LogP contribution in [0.3, 0.4) is 0 Å². The minimum Gasteiger partial charge on any atom is -0.368 e. The fraction of sp³-hybridized carbons (Fsp3) is 0.167. The third-order valence-corrected chi connectivity index (χ3v) is 4.58. The average Bonchev–Trinajstić information content (AvgIpc) is 3.24. The number of rotatable bonds is 4. The van der Waals surface area contributed by atoms with Gasteiger partial charge >= 0.3 is 0 Å². The van der Waals surface area contributed by atoms with Crippen molar-refractivity contribution < 1.29 is 4.79 Å². The van der Waals surface area contributed by atoms with E-state index in [9.17, 15) is 4.79 Å². The number of aldehydes is 1. The van der Waals surface area contributed by atoms with Gasteiger partial charge in [0.05, 0.1) is 29.7 Å². The number of hydrogen-bond donors (Lipinski definition) is 2. The van der Waals surface area contributed by atoms with Crippen molar-refractivity contribution in [2.75, 3.05) is 10.6 Å². The summed E-state index contributed by atoms with van der Waals surface area (Å²) >= 11 is 6.37. The fourth-order valence-electron chi connectivity index (χ4n) is 3.10. The third-order valence-electron chi connectivity index (χ3n) is 4.31. The number of nitrogens with two attached hydrogens (primary N) is 1. The Kier molecular flexibility index (Phi) is 4.33. The van der Waals surface area contributed by atoms with Crippen LogP contribution in [0.5, 0.6) is 0 Å². The van der Waals surface area contributed by atoms with Crippen molar-refractivity contribution in [1.29, 1.82) is 0 Å². The Morgan fingerprint density at radius 3 is 2.85 bits per heavy atom. The number of halogens is 1. The maximum absolute atomic E-state index is 12.0. The standard InChI is InChI=1S/C18H16ClN7O/c1-10-6-23-12(7-22-10)8-26-14(9-27)13(5-11-3-2-4-21-11)15-16(19)24-18(20)25-17(15)26/h2-7,9,14,21H,8H2,1H3,(H2,20,24,25)/b13-5+. The zero-order valence-corrected chi connectivity index (χ0v) is 15.2. The lowest BCUT2D eigenvalue weighted by molar-refractivity contribution is -0.107. The highest BCUT2D eigenvalue weighted by Gasteiger charge is 2.38. The van der Waals surface area contributed by atoms with Crippen LogP contribution in [-0.4, -0.2) is 37.2 Å². The van der Waals surface area contributed by atoms with Gasteiger partial charge in [-0.15, -0.1) is 0 Å². The number of nitrogen functional groups attached to an aromatic ring is 1. The molecular weight excluding hydrogens is 366 g/mol. The van der Waals surface area contributed by atoms with Crippen LogP contribution < -0.4 is 10.6 Å². The number of nitrogens with one attached hydrogen (secondary N) is 1. The monoisotopic (exact) mass is 381 g/mol. The number of carbonyl (C=O) groups excluding carboxylic acids is 1. The van der Waals surface area contributed by atoms with Gasteiger partial charge in [0, 0.05) is 18.1 Å². The third kappa shape index (κ3) is 3.15. The maximum atomic E-state index is 12.0. The van der Waals surface area contributed by atoms with Crippen LogP contribution in [0.15, 0.2) is 30.7 Å². The Bertz CT molecular complexity index is 1010. The number of anilines is 2. The van der Waals surface area contributed by atoms with Crippen LogP contribution in [0.1, 0.15) is 22.6 Å². The number of nitrogens with zero attached hydrogens (tertiary/aromatic N) is 5. The van der Waals surface area contributed by atoms with Crippen LogP contribution in [0.25, 0.3) is 11.6 Å². The van der Waals surface area contributed by atoms with Crippen LogP contribution in [0, 0.1) is 6.92 Å². The largest absolute Gasteiger partial charge is 0.368 e. The molecule has 3 aromatic heterocycles. The Morgan fingerprint density at radius 1 is 1.33 bits per heavy atom. The average molecular weight is 382 g/mol. The van der Waals surface area contributed by atoms with Crippen molar-refractivity contribution >= 4 is 41.3 Å². The molecule has 0 saturated carbocycles. The summed E-state index contributed by atoms with van der Waals surface area (Å²) < 4.78 is 0. The molecule has 9 heteroatoms. The summed E-state index contributed by atoms with van der Waals surface area (Å²) in [4.78, 5) is 34.0. The van der Waals surface area contributed by atoms with Crippen LogP contribution in [0.2, 0.25) is 5.15 Å². The van der Waals surface area contributed by atoms with E-state index in [4.69, 9.17) is 17.3 Å². The second-order valence-corrected chi connectivity index (χ2v) is 6.51. The highest BCUT2D eigenvalue weighted by molar-refractivity contribution is 6.32. The Labute approximate surface area is 160 Å². The molecule has 1 aliphatic rings. The lowest BCUT2D eigenvalue weighted by atomic mass is 10.0. The van der Waals surface area contributed by atoms with Gasteiger partial charge in [0.1, 0.15) is 23.3 Å². The quantitative estimate of drug-likeness (QED) is 0.526. The van der Waals surface area contributed by atoms with Gasteiger partial charge in [-0.3, -0.25) is 9.97 Å². The fourth-order valence-corrected chi connectivity index (χ4v) is 3.38. The Hall–Kier alpha value is -3.26. The zero-order chi connectivity index (χ0) is 19.0. The van der Waals surface area contributed by atoms with Crippen LogP contribution >= 0.6 is 11.6 Å². The first-order chi connectivity index (χ1) is 13.1. The van der Waals surface area contributed by atoms with E-state index < -0.39 is 6.04 Å². The molecule has 1 unspecified atom stereocenters. The summed E-state index contributed by atoms with van der Waals surface area (Å²) in [5.41, 5.74) is 9.45. The van der Waals surface area contributed by atoms with Crippen molar-refractivity contribution in [3.63, 3.8) is 0 Å². The van der Waals surface area contributed by atoms with Gasteiger partial charge in [0.25, 0.3) is 0 Å². The minimum atomic E-state index is -0.597. The number of carbonyl (C=O) groups is 1. The molecule has 0 bridgehead atoms. The predicted molar refractivity (Wildman–Crippen MR) is 103 cm³/mol. The first-order valence-electron chi connectivity index (χ1n) is 8.24. The van der Waals surface area contributed by atoms with Gasteiger partial charge in [-0.05, 0) is 30.7 Å². The van der Waals surface area contributed by atoms with E-state index in [-0.39, 0.29) is 11.1 Å². The Balaban J connectivity index is 1.84. The SMILES string of the molecule is Cc1cnc(CN2c3nc(N)nc(Cl)c3/C(=C/c3ccc[nH]3)C2C=O)cn1. The topological polar surface area (TPSA) is 114 Å². The van der Waals surface area contributed by atoms with Crippen molar-refractivity contribution in [2.24, 2.45) is 0 Å². The summed E-state index contributed by atoms with van der Waals surface area (Å²) in [7, 11) is 0. The molecule has 0 fully saturated rings. The van der Waals surface area contributed by atoms with Gasteiger partial charge in [-0.1, -0.05) is 11.6 Å². The molecule has 0 amide bonds. The predicted octanol–water partition coefficient (Wildman–Crippen LogP) is 2.27. The first kappa shape index (κ1) is 17.2. The molecule has 0 aromatic carbocycles. The molecule has 4 heterocycles. The molecule has 4 rings (SSSR count). The summed E-state index contributed by atoms with van der Waals surface area (Å²) in [6.07, 6.45) is 7.88. The van der Waals surface area contributed by atoms with E-state index in [1.807, 2.05) is 25.1 Å². The van der Waals surface area contributed by atoms with E-state index in [1.165, 1.54) is 0 Å². The lowest BCUT2D eigenvalue weighted by Gasteiger charge is -2.22. The number of fused-ring (bicyclic) bond motifs is 1. The van der Waals surface area contributed by atoms with E-state index >= 15 is 0 Å². The highest BCUT2D eigenvalue weighted by Crippen LogP contribution is 2.43. The van der Waals surface area contributed by atoms with Gasteiger partial charge in [-0.2, -0.15) is 4.98 Å². The molecule has 3 aromatic rings. The van der Waals surface area contributed by atoms with Gasteiger partial charge in [0.15, 0.2) is 0 Å². The van der Waals surface area contributed by atoms with Crippen LogP contribution in [0.4, 0.5) is 11.8 Å². The van der Waals surface area contributed by atoms with E-state index in [0.29, 0.717) is 29.2 Å². The first-order valence-corrected chi connectivity index (χ1v) is 8.62. The molecular formula is C18H16ClN7O. The number of H-pyrrole nitrogens is 1. The molecule has 3 N–H and O–H groups in total. The molecule has 0 aliphatic carbocycles. The van der Waals surface area contributed by atoms with Crippen molar-refractivity contribution in [3.05, 3.63) is 58.5 Å². The molecule has 0 saturated heterocycles. The van der Waals surface area contributed by atoms with Gasteiger partial charge < -0.3 is 20.4 Å². The van der Waals surface area contributed by atoms with Crippen molar-refractivity contribution in [2.45, 2.75) is 19.5 Å². The Morgan fingerprint density at radius 2 is 2.19 bits per heavy atom. The highest BCUT2D eigenvalue weighted by atomic mass is 35.5. The second-order valence-electron chi connectivity index (χ2n) is 6.15. The molecule has 8 nitrogen and oxygen atoms in total. The molecule has 1 atom stereocenters. The summed E-state index contributed by atoms with van der Waals surface area (Å²) in [5, 5.41) is 0.208. The lowest BCUT2D eigenvalue weighted by Crippen LogP contribution is -2.33. The summed E-state index contributed by atoms with van der Waals surface area (Å²) in [6.45, 7) is 2.19. The molecule has 1 aliphatic heterocycles. The molecule has 136 valence electrons. The van der Waals surface area contributed by atoms with Crippen LogP contribution in [-0.2, 0) is 11.3 Å². The van der Waals surface area contributed by atoms with E-state index in [1.54, 1.807) is 23.5 Å². The van der Waals surface area contributed by atoms with Crippen molar-refractivity contribution in [1.82, 2.24) is 24.9 Å². The smallest absolute Gasteiger partial charge is 0.223 e.